The highest BCUT2D eigenvalue weighted by atomic mass is 16.5. The first kappa shape index (κ1) is 12.4. The zero-order valence-corrected chi connectivity index (χ0v) is 9.56. The summed E-state index contributed by atoms with van der Waals surface area (Å²) in [7, 11) is 1.59. The van der Waals surface area contributed by atoms with Crippen molar-refractivity contribution in [3.63, 3.8) is 0 Å². The Morgan fingerprint density at radius 1 is 1.69 bits per heavy atom. The zero-order chi connectivity index (χ0) is 12.0. The molecule has 0 aliphatic heterocycles. The molecule has 0 fully saturated rings. The van der Waals surface area contributed by atoms with Gasteiger partial charge in [-0.1, -0.05) is 6.08 Å². The van der Waals surface area contributed by atoms with Crippen LogP contribution in [0.15, 0.2) is 12.7 Å². The smallest absolute Gasteiger partial charge is 0.293 e. The number of amides is 1. The monoisotopic (exact) mass is 224 g/mol. The molecule has 88 valence electrons. The highest BCUT2D eigenvalue weighted by Gasteiger charge is 2.18. The lowest BCUT2D eigenvalue weighted by atomic mass is 10.4. The van der Waals surface area contributed by atoms with Crippen molar-refractivity contribution in [2.75, 3.05) is 26.8 Å². The Morgan fingerprint density at radius 2 is 2.44 bits per heavy atom. The lowest BCUT2D eigenvalue weighted by molar-refractivity contribution is 0.0706. The summed E-state index contributed by atoms with van der Waals surface area (Å²) in [6.07, 6.45) is 1.66. The molecule has 0 aromatic carbocycles. The lowest BCUT2D eigenvalue weighted by Gasteiger charge is -2.18. The van der Waals surface area contributed by atoms with Gasteiger partial charge in [-0.25, -0.2) is 4.98 Å². The number of methoxy groups -OCH3 is 1. The van der Waals surface area contributed by atoms with Gasteiger partial charge in [0.2, 0.25) is 5.82 Å². The number of carbonyl (C=O) groups excluding carboxylic acids is 1. The average Bonchev–Trinajstić information content (AvgIpc) is 2.70. The molecule has 0 spiro atoms. The number of H-pyrrole nitrogens is 1. The minimum Gasteiger partial charge on any atom is -0.383 e. The van der Waals surface area contributed by atoms with Crippen molar-refractivity contribution in [3.8, 4) is 0 Å². The predicted molar refractivity (Wildman–Crippen MR) is 59.1 cm³/mol. The molecule has 0 radical (unpaired) electrons. The summed E-state index contributed by atoms with van der Waals surface area (Å²) in [6.45, 7) is 6.78. The molecule has 0 saturated heterocycles. The van der Waals surface area contributed by atoms with Crippen molar-refractivity contribution in [2.24, 2.45) is 0 Å². The lowest BCUT2D eigenvalue weighted by Crippen LogP contribution is -2.34. The van der Waals surface area contributed by atoms with E-state index in [1.165, 1.54) is 0 Å². The summed E-state index contributed by atoms with van der Waals surface area (Å²) in [6, 6.07) is 0. The molecule has 0 bridgehead atoms. The Labute approximate surface area is 94.3 Å². The molecular weight excluding hydrogens is 208 g/mol. The second-order valence-corrected chi connectivity index (χ2v) is 3.28. The van der Waals surface area contributed by atoms with Gasteiger partial charge >= 0.3 is 0 Å². The van der Waals surface area contributed by atoms with E-state index in [4.69, 9.17) is 4.74 Å². The van der Waals surface area contributed by atoms with Crippen molar-refractivity contribution in [3.05, 3.63) is 24.3 Å². The van der Waals surface area contributed by atoms with Crippen molar-refractivity contribution < 1.29 is 9.53 Å². The largest absolute Gasteiger partial charge is 0.383 e. The van der Waals surface area contributed by atoms with E-state index < -0.39 is 0 Å². The molecular formula is C10H16N4O2. The van der Waals surface area contributed by atoms with Crippen molar-refractivity contribution >= 4 is 5.91 Å². The Morgan fingerprint density at radius 3 is 2.94 bits per heavy atom. The van der Waals surface area contributed by atoms with E-state index in [1.54, 1.807) is 25.0 Å². The number of carbonyl (C=O) groups is 1. The molecule has 6 heteroatoms. The van der Waals surface area contributed by atoms with Gasteiger partial charge in [0.1, 0.15) is 5.82 Å². The summed E-state index contributed by atoms with van der Waals surface area (Å²) < 4.78 is 4.93. The topological polar surface area (TPSA) is 71.1 Å². The molecule has 0 aliphatic carbocycles. The van der Waals surface area contributed by atoms with Crippen LogP contribution < -0.4 is 0 Å². The van der Waals surface area contributed by atoms with Crippen LogP contribution in [0.25, 0.3) is 0 Å². The zero-order valence-electron chi connectivity index (χ0n) is 9.56. The van der Waals surface area contributed by atoms with Crippen LogP contribution in [-0.2, 0) is 4.74 Å². The van der Waals surface area contributed by atoms with Crippen molar-refractivity contribution in [1.82, 2.24) is 20.1 Å². The van der Waals surface area contributed by atoms with Gasteiger partial charge in [0, 0.05) is 20.2 Å². The number of hydrogen-bond donors (Lipinski definition) is 1. The third-order valence-electron chi connectivity index (χ3n) is 1.99. The Bertz CT molecular complexity index is 361. The van der Waals surface area contributed by atoms with Crippen LogP contribution >= 0.6 is 0 Å². The van der Waals surface area contributed by atoms with Gasteiger partial charge in [0.05, 0.1) is 6.61 Å². The fourth-order valence-electron chi connectivity index (χ4n) is 1.21. The maximum atomic E-state index is 11.9. The summed E-state index contributed by atoms with van der Waals surface area (Å²) in [5.74, 6) is 0.574. The van der Waals surface area contributed by atoms with Crippen LogP contribution in [0.1, 0.15) is 16.4 Å². The fourth-order valence-corrected chi connectivity index (χ4v) is 1.21. The molecule has 0 unspecified atom stereocenters. The van der Waals surface area contributed by atoms with Crippen LogP contribution in [0.3, 0.4) is 0 Å². The molecule has 16 heavy (non-hydrogen) atoms. The number of aryl methyl sites for hydroxylation is 1. The average molecular weight is 224 g/mol. The summed E-state index contributed by atoms with van der Waals surface area (Å²) in [5.41, 5.74) is 0. The van der Waals surface area contributed by atoms with Crippen LogP contribution in [0.5, 0.6) is 0 Å². The number of aromatic amines is 1. The number of aromatic nitrogens is 3. The number of nitrogens with zero attached hydrogens (tertiary/aromatic N) is 3. The fraction of sp³-hybridized carbons (Fsp3) is 0.500. The summed E-state index contributed by atoms with van der Waals surface area (Å²) >= 11 is 0. The molecule has 1 amide bonds. The predicted octanol–water partition coefficient (Wildman–Crippen LogP) is 0.388. The van der Waals surface area contributed by atoms with Gasteiger partial charge in [-0.2, -0.15) is 0 Å². The molecule has 1 aromatic rings. The van der Waals surface area contributed by atoms with Crippen LogP contribution in [0.4, 0.5) is 0 Å². The maximum Gasteiger partial charge on any atom is 0.293 e. The van der Waals surface area contributed by atoms with Crippen molar-refractivity contribution in [2.45, 2.75) is 6.92 Å². The molecule has 0 aliphatic rings. The van der Waals surface area contributed by atoms with Gasteiger partial charge in [-0.3, -0.25) is 9.89 Å². The molecule has 1 rings (SSSR count). The van der Waals surface area contributed by atoms with Gasteiger partial charge in [-0.05, 0) is 6.92 Å². The van der Waals surface area contributed by atoms with E-state index in [2.05, 4.69) is 21.8 Å². The quantitative estimate of drug-likeness (QED) is 0.709. The van der Waals surface area contributed by atoms with Gasteiger partial charge in [0.25, 0.3) is 5.91 Å². The molecule has 6 nitrogen and oxygen atoms in total. The van der Waals surface area contributed by atoms with E-state index in [1.807, 2.05) is 0 Å². The highest BCUT2D eigenvalue weighted by Crippen LogP contribution is 1.99. The first-order chi connectivity index (χ1) is 7.69. The van der Waals surface area contributed by atoms with Gasteiger partial charge in [-0.15, -0.1) is 11.7 Å². The summed E-state index contributed by atoms with van der Waals surface area (Å²) in [5, 5.41) is 6.46. The van der Waals surface area contributed by atoms with Gasteiger partial charge < -0.3 is 9.64 Å². The van der Waals surface area contributed by atoms with Crippen LogP contribution in [0, 0.1) is 6.92 Å². The van der Waals surface area contributed by atoms with E-state index in [0.717, 1.165) is 0 Å². The minimum absolute atomic E-state index is 0.176. The minimum atomic E-state index is -0.221. The molecule has 1 aromatic heterocycles. The maximum absolute atomic E-state index is 11.9. The second kappa shape index (κ2) is 6.02. The first-order valence-corrected chi connectivity index (χ1v) is 4.97. The van der Waals surface area contributed by atoms with Crippen molar-refractivity contribution in [1.29, 1.82) is 0 Å². The normalized spacial score (nSPS) is 10.1. The summed E-state index contributed by atoms with van der Waals surface area (Å²) in [4.78, 5) is 17.5. The number of rotatable bonds is 6. The number of hydrogen-bond acceptors (Lipinski definition) is 4. The van der Waals surface area contributed by atoms with Crippen LogP contribution in [-0.4, -0.2) is 52.8 Å². The van der Waals surface area contributed by atoms with E-state index in [-0.39, 0.29) is 11.7 Å². The highest BCUT2D eigenvalue weighted by molar-refractivity contribution is 5.90. The molecule has 0 saturated carbocycles. The van der Waals surface area contributed by atoms with E-state index in [0.29, 0.717) is 25.5 Å². The van der Waals surface area contributed by atoms with E-state index >= 15 is 0 Å². The second-order valence-electron chi connectivity index (χ2n) is 3.28. The molecule has 0 atom stereocenters. The standard InChI is InChI=1S/C10H16N4O2/c1-4-5-14(6-7-16-3)10(15)9-11-8(2)12-13-9/h4H,1,5-7H2,2-3H3,(H,11,12,13). The molecule has 1 N–H and O–H groups in total. The Kier molecular flexibility index (Phi) is 4.65. The first-order valence-electron chi connectivity index (χ1n) is 4.97. The van der Waals surface area contributed by atoms with Crippen LogP contribution in [0.2, 0.25) is 0 Å². The SMILES string of the molecule is C=CCN(CCOC)C(=O)c1n[nH]c(C)n1. The molecule has 1 heterocycles. The number of ether oxygens (including phenoxy) is 1. The van der Waals surface area contributed by atoms with E-state index in [9.17, 15) is 4.79 Å². The third kappa shape index (κ3) is 3.16. The Hall–Kier alpha value is -1.69. The third-order valence-corrected chi connectivity index (χ3v) is 1.99. The van der Waals surface area contributed by atoms with Gasteiger partial charge in [0.15, 0.2) is 0 Å². The number of nitrogens with one attached hydrogen (secondary N) is 1. The Balaban J connectivity index is 2.69.